The lowest BCUT2D eigenvalue weighted by Gasteiger charge is -2.30. The molecule has 1 N–H and O–H groups in total. The average Bonchev–Trinajstić information content (AvgIpc) is 3.12. The van der Waals surface area contributed by atoms with Crippen LogP contribution in [0.3, 0.4) is 0 Å². The third kappa shape index (κ3) is 4.89. The second kappa shape index (κ2) is 9.29. The number of hydrogen-bond donors (Lipinski definition) is 1. The van der Waals surface area contributed by atoms with Crippen LogP contribution in [0.15, 0.2) is 65.8 Å². The Morgan fingerprint density at radius 3 is 2.45 bits per heavy atom. The summed E-state index contributed by atoms with van der Waals surface area (Å²) in [5.74, 6) is 0.114. The zero-order valence-electron chi connectivity index (χ0n) is 16.5. The van der Waals surface area contributed by atoms with E-state index in [1.165, 1.54) is 17.3 Å². The van der Waals surface area contributed by atoms with E-state index in [1.807, 2.05) is 60.4 Å². The number of aromatic nitrogens is 2. The highest BCUT2D eigenvalue weighted by Crippen LogP contribution is 2.36. The van der Waals surface area contributed by atoms with Crippen LogP contribution in [0.2, 0.25) is 0 Å². The molecule has 0 aliphatic carbocycles. The zero-order chi connectivity index (χ0) is 20.1. The van der Waals surface area contributed by atoms with E-state index < -0.39 is 0 Å². The van der Waals surface area contributed by atoms with Gasteiger partial charge in [-0.1, -0.05) is 72.4 Å². The number of amides is 1. The molecule has 0 bridgehead atoms. The van der Waals surface area contributed by atoms with E-state index >= 15 is 0 Å². The Labute approximate surface area is 175 Å². The summed E-state index contributed by atoms with van der Waals surface area (Å²) in [6.07, 6.45) is 0.775. The molecule has 0 unspecified atom stereocenters. The number of aromatic amines is 1. The molecule has 1 aliphatic heterocycles. The van der Waals surface area contributed by atoms with E-state index in [-0.39, 0.29) is 11.2 Å². The Hall–Kier alpha value is -2.57. The Bertz CT molecular complexity index is 937. The normalized spacial score (nSPS) is 15.3. The van der Waals surface area contributed by atoms with E-state index in [0.29, 0.717) is 26.3 Å². The molecule has 3 aromatic rings. The van der Waals surface area contributed by atoms with Gasteiger partial charge < -0.3 is 14.6 Å². The first-order valence-corrected chi connectivity index (χ1v) is 10.8. The fourth-order valence-corrected chi connectivity index (χ4v) is 4.58. The molecule has 1 fully saturated rings. The van der Waals surface area contributed by atoms with Gasteiger partial charge in [0.15, 0.2) is 5.16 Å². The summed E-state index contributed by atoms with van der Waals surface area (Å²) in [5, 5.41) is 0.452. The molecule has 2 aromatic carbocycles. The molecule has 0 saturated carbocycles. The lowest BCUT2D eigenvalue weighted by atomic mass is 10.1. The number of imidazole rings is 1. The van der Waals surface area contributed by atoms with Crippen LogP contribution in [-0.4, -0.2) is 47.1 Å². The van der Waals surface area contributed by atoms with Gasteiger partial charge in [-0.15, -0.1) is 0 Å². The number of ether oxygens (including phenoxy) is 1. The predicted molar refractivity (Wildman–Crippen MR) is 115 cm³/mol. The van der Waals surface area contributed by atoms with E-state index in [2.05, 4.69) is 17.1 Å². The largest absolute Gasteiger partial charge is 0.378 e. The van der Waals surface area contributed by atoms with Gasteiger partial charge in [0, 0.05) is 25.2 Å². The molecule has 1 amide bonds. The standard InChI is InChI=1S/C23H25N3O2S/c1-17-20(16-18-8-4-2-5-9-18)25-23(24-17)29-21(19-10-6-3-7-11-19)22(27)26-12-14-28-15-13-26/h2-11,21H,12-16H2,1H3,(H,24,25)/t21-/m0/s1. The van der Waals surface area contributed by atoms with Gasteiger partial charge in [0.25, 0.3) is 0 Å². The fourth-order valence-electron chi connectivity index (χ4n) is 3.43. The van der Waals surface area contributed by atoms with Gasteiger partial charge in [0.1, 0.15) is 5.25 Å². The van der Waals surface area contributed by atoms with Crippen LogP contribution >= 0.6 is 11.8 Å². The van der Waals surface area contributed by atoms with Gasteiger partial charge in [-0.05, 0) is 18.1 Å². The SMILES string of the molecule is Cc1[nH]c(S[C@H](C(=O)N2CCOCC2)c2ccccc2)nc1Cc1ccccc1. The molecule has 6 heteroatoms. The van der Waals surface area contributed by atoms with Gasteiger partial charge in [0.2, 0.25) is 5.91 Å². The minimum atomic E-state index is -0.329. The fraction of sp³-hybridized carbons (Fsp3) is 0.304. The van der Waals surface area contributed by atoms with Crippen molar-refractivity contribution in [3.8, 4) is 0 Å². The molecule has 0 spiro atoms. The van der Waals surface area contributed by atoms with Crippen molar-refractivity contribution in [1.82, 2.24) is 14.9 Å². The summed E-state index contributed by atoms with van der Waals surface area (Å²) in [6.45, 7) is 4.51. The smallest absolute Gasteiger partial charge is 0.240 e. The van der Waals surface area contributed by atoms with Crippen molar-refractivity contribution in [2.24, 2.45) is 0 Å². The number of H-pyrrole nitrogens is 1. The third-order valence-corrected chi connectivity index (χ3v) is 6.18. The zero-order valence-corrected chi connectivity index (χ0v) is 17.3. The quantitative estimate of drug-likeness (QED) is 0.628. The van der Waals surface area contributed by atoms with E-state index in [9.17, 15) is 4.79 Å². The Morgan fingerprint density at radius 1 is 1.10 bits per heavy atom. The molecule has 0 radical (unpaired) electrons. The second-order valence-corrected chi connectivity index (χ2v) is 8.22. The third-order valence-electron chi connectivity index (χ3n) is 5.06. The van der Waals surface area contributed by atoms with E-state index in [4.69, 9.17) is 9.72 Å². The molecule has 1 atom stereocenters. The van der Waals surface area contributed by atoms with Gasteiger partial charge in [-0.2, -0.15) is 0 Å². The van der Waals surface area contributed by atoms with Crippen LogP contribution in [0, 0.1) is 6.92 Å². The van der Waals surface area contributed by atoms with Crippen molar-refractivity contribution >= 4 is 17.7 Å². The first kappa shape index (κ1) is 19.7. The highest BCUT2D eigenvalue weighted by atomic mass is 32.2. The molecule has 4 rings (SSSR count). The maximum Gasteiger partial charge on any atom is 0.240 e. The highest BCUT2D eigenvalue weighted by molar-refractivity contribution is 8.00. The summed E-state index contributed by atoms with van der Waals surface area (Å²) in [4.78, 5) is 23.4. The Kier molecular flexibility index (Phi) is 6.32. The highest BCUT2D eigenvalue weighted by Gasteiger charge is 2.29. The van der Waals surface area contributed by atoms with Crippen molar-refractivity contribution in [3.63, 3.8) is 0 Å². The molecule has 1 aromatic heterocycles. The van der Waals surface area contributed by atoms with E-state index in [1.54, 1.807) is 0 Å². The first-order chi connectivity index (χ1) is 14.2. The number of thioether (sulfide) groups is 1. The van der Waals surface area contributed by atoms with Gasteiger partial charge in [-0.25, -0.2) is 4.98 Å². The molecule has 150 valence electrons. The van der Waals surface area contributed by atoms with Crippen LogP contribution in [0.1, 0.15) is 27.8 Å². The maximum absolute atomic E-state index is 13.3. The van der Waals surface area contributed by atoms with Crippen molar-refractivity contribution in [2.75, 3.05) is 26.3 Å². The van der Waals surface area contributed by atoms with Crippen LogP contribution in [0.4, 0.5) is 0 Å². The molecule has 5 nitrogen and oxygen atoms in total. The summed E-state index contributed by atoms with van der Waals surface area (Å²) >= 11 is 1.49. The number of rotatable bonds is 6. The number of carbonyl (C=O) groups excluding carboxylic acids is 1. The second-order valence-electron chi connectivity index (χ2n) is 7.12. The van der Waals surface area contributed by atoms with Gasteiger partial charge in [-0.3, -0.25) is 4.79 Å². The van der Waals surface area contributed by atoms with Gasteiger partial charge in [0.05, 0.1) is 18.9 Å². The Morgan fingerprint density at radius 2 is 1.76 bits per heavy atom. The monoisotopic (exact) mass is 407 g/mol. The average molecular weight is 408 g/mol. The lowest BCUT2D eigenvalue weighted by Crippen LogP contribution is -2.42. The minimum absolute atomic E-state index is 0.114. The van der Waals surface area contributed by atoms with Crippen molar-refractivity contribution in [3.05, 3.63) is 83.2 Å². The van der Waals surface area contributed by atoms with Gasteiger partial charge >= 0.3 is 0 Å². The van der Waals surface area contributed by atoms with Crippen LogP contribution in [0.5, 0.6) is 0 Å². The number of aryl methyl sites for hydroxylation is 1. The van der Waals surface area contributed by atoms with Crippen molar-refractivity contribution in [1.29, 1.82) is 0 Å². The minimum Gasteiger partial charge on any atom is -0.378 e. The van der Waals surface area contributed by atoms with Crippen LogP contribution in [0.25, 0.3) is 0 Å². The summed E-state index contributed by atoms with van der Waals surface area (Å²) in [6, 6.07) is 20.3. The van der Waals surface area contributed by atoms with Crippen LogP contribution < -0.4 is 0 Å². The van der Waals surface area contributed by atoms with E-state index in [0.717, 1.165) is 28.5 Å². The maximum atomic E-state index is 13.3. The van der Waals surface area contributed by atoms with Crippen molar-refractivity contribution in [2.45, 2.75) is 23.8 Å². The molecule has 29 heavy (non-hydrogen) atoms. The topological polar surface area (TPSA) is 58.2 Å². The summed E-state index contributed by atoms with van der Waals surface area (Å²) in [7, 11) is 0. The molecule has 1 saturated heterocycles. The lowest BCUT2D eigenvalue weighted by molar-refractivity contribution is -0.134. The molecular weight excluding hydrogens is 382 g/mol. The predicted octanol–water partition coefficient (Wildman–Crippen LogP) is 4.00. The Balaban J connectivity index is 1.56. The molecular formula is C23H25N3O2S. The number of benzene rings is 2. The number of morpholine rings is 1. The molecule has 1 aliphatic rings. The number of nitrogens with one attached hydrogen (secondary N) is 1. The number of carbonyl (C=O) groups is 1. The van der Waals surface area contributed by atoms with Crippen molar-refractivity contribution < 1.29 is 9.53 Å². The summed E-state index contributed by atoms with van der Waals surface area (Å²) in [5.41, 5.74) is 4.28. The number of nitrogens with zero attached hydrogens (tertiary/aromatic N) is 2. The number of hydrogen-bond acceptors (Lipinski definition) is 4. The molecule has 2 heterocycles. The van der Waals surface area contributed by atoms with Crippen LogP contribution in [-0.2, 0) is 16.0 Å². The first-order valence-electron chi connectivity index (χ1n) is 9.88. The summed E-state index contributed by atoms with van der Waals surface area (Å²) < 4.78 is 5.41.